The zero-order valence-corrected chi connectivity index (χ0v) is 11.0. The second kappa shape index (κ2) is 6.20. The number of halogens is 1. The Morgan fingerprint density at radius 3 is 2.63 bits per heavy atom. The van der Waals surface area contributed by atoms with Gasteiger partial charge in [0.2, 0.25) is 0 Å². The number of nitrogens with zero attached hydrogens (tertiary/aromatic N) is 1. The molecule has 0 bridgehead atoms. The summed E-state index contributed by atoms with van der Waals surface area (Å²) in [5.74, 6) is 0.589. The van der Waals surface area contributed by atoms with E-state index in [0.29, 0.717) is 22.9 Å². The number of nitrogens with two attached hydrogens (primary N) is 1. The molecule has 1 aromatic heterocycles. The maximum absolute atomic E-state index is 7.33. The SMILES string of the molecule is N=C(N)c1ccc(OCCc2ccncc2)c(Cl)c1. The highest BCUT2D eigenvalue weighted by atomic mass is 35.5. The lowest BCUT2D eigenvalue weighted by Gasteiger charge is -2.09. The fourth-order valence-corrected chi connectivity index (χ4v) is 1.85. The average Bonchev–Trinajstić information content (AvgIpc) is 2.41. The predicted octanol–water partition coefficient (Wildman–Crippen LogP) is 2.64. The molecule has 0 aliphatic rings. The van der Waals surface area contributed by atoms with Crippen molar-refractivity contribution in [3.63, 3.8) is 0 Å². The fraction of sp³-hybridized carbons (Fsp3) is 0.143. The van der Waals surface area contributed by atoms with Crippen LogP contribution in [0.2, 0.25) is 5.02 Å². The molecule has 3 N–H and O–H groups in total. The second-order valence-electron chi connectivity index (χ2n) is 4.01. The first-order chi connectivity index (χ1) is 9.16. The van der Waals surface area contributed by atoms with Gasteiger partial charge >= 0.3 is 0 Å². The fourth-order valence-electron chi connectivity index (χ4n) is 1.61. The Kier molecular flexibility index (Phi) is 4.36. The van der Waals surface area contributed by atoms with E-state index < -0.39 is 0 Å². The lowest BCUT2D eigenvalue weighted by Crippen LogP contribution is -2.11. The zero-order chi connectivity index (χ0) is 13.7. The number of nitrogens with one attached hydrogen (secondary N) is 1. The minimum absolute atomic E-state index is 0.00904. The van der Waals surface area contributed by atoms with E-state index in [9.17, 15) is 0 Å². The van der Waals surface area contributed by atoms with Gasteiger partial charge in [0.25, 0.3) is 0 Å². The normalized spacial score (nSPS) is 10.2. The zero-order valence-electron chi connectivity index (χ0n) is 10.3. The van der Waals surface area contributed by atoms with E-state index in [4.69, 9.17) is 27.5 Å². The van der Waals surface area contributed by atoms with Crippen LogP contribution < -0.4 is 10.5 Å². The van der Waals surface area contributed by atoms with Gasteiger partial charge in [-0.15, -0.1) is 0 Å². The number of hydrogen-bond acceptors (Lipinski definition) is 3. The molecular formula is C14H14ClN3O. The van der Waals surface area contributed by atoms with E-state index in [2.05, 4.69) is 4.98 Å². The Labute approximate surface area is 116 Å². The van der Waals surface area contributed by atoms with Gasteiger partial charge in [-0.25, -0.2) is 0 Å². The molecule has 0 aliphatic heterocycles. The second-order valence-corrected chi connectivity index (χ2v) is 4.42. The molecule has 0 aliphatic carbocycles. The van der Waals surface area contributed by atoms with Crippen LogP contribution in [0.3, 0.4) is 0 Å². The van der Waals surface area contributed by atoms with Gasteiger partial charge < -0.3 is 10.5 Å². The molecule has 0 amide bonds. The van der Waals surface area contributed by atoms with Crippen LogP contribution in [0.25, 0.3) is 0 Å². The molecule has 1 heterocycles. The molecule has 0 saturated carbocycles. The predicted molar refractivity (Wildman–Crippen MR) is 75.9 cm³/mol. The minimum atomic E-state index is -0.00904. The van der Waals surface area contributed by atoms with Gasteiger partial charge in [-0.2, -0.15) is 0 Å². The maximum Gasteiger partial charge on any atom is 0.137 e. The van der Waals surface area contributed by atoms with E-state index >= 15 is 0 Å². The monoisotopic (exact) mass is 275 g/mol. The molecular weight excluding hydrogens is 262 g/mol. The van der Waals surface area contributed by atoms with Gasteiger partial charge in [0.05, 0.1) is 11.6 Å². The van der Waals surface area contributed by atoms with E-state index in [1.54, 1.807) is 30.6 Å². The number of amidine groups is 1. The first kappa shape index (κ1) is 13.4. The summed E-state index contributed by atoms with van der Waals surface area (Å²) in [6.07, 6.45) is 4.29. The molecule has 0 fully saturated rings. The summed E-state index contributed by atoms with van der Waals surface area (Å²) in [5, 5.41) is 7.79. The molecule has 1 aromatic carbocycles. The number of ether oxygens (including phenoxy) is 1. The van der Waals surface area contributed by atoms with E-state index in [1.807, 2.05) is 12.1 Å². The Bertz CT molecular complexity index is 572. The van der Waals surface area contributed by atoms with Crippen LogP contribution in [0, 0.1) is 5.41 Å². The molecule has 4 nitrogen and oxygen atoms in total. The number of hydrogen-bond donors (Lipinski definition) is 2. The number of pyridine rings is 1. The molecule has 98 valence electrons. The lowest BCUT2D eigenvalue weighted by molar-refractivity contribution is 0.322. The van der Waals surface area contributed by atoms with Crippen molar-refractivity contribution >= 4 is 17.4 Å². The maximum atomic E-state index is 7.33. The summed E-state index contributed by atoms with van der Waals surface area (Å²) >= 11 is 6.07. The van der Waals surface area contributed by atoms with Crippen LogP contribution in [0.1, 0.15) is 11.1 Å². The number of benzene rings is 1. The van der Waals surface area contributed by atoms with Crippen molar-refractivity contribution in [1.82, 2.24) is 4.98 Å². The quantitative estimate of drug-likeness (QED) is 0.651. The van der Waals surface area contributed by atoms with Gasteiger partial charge in [-0.1, -0.05) is 11.6 Å². The first-order valence-corrected chi connectivity index (χ1v) is 6.20. The third-order valence-electron chi connectivity index (χ3n) is 2.64. The van der Waals surface area contributed by atoms with Crippen molar-refractivity contribution in [1.29, 1.82) is 5.41 Å². The van der Waals surface area contributed by atoms with Gasteiger partial charge in [-0.3, -0.25) is 10.4 Å². The molecule has 2 rings (SSSR count). The van der Waals surface area contributed by atoms with Crippen LogP contribution in [0.5, 0.6) is 5.75 Å². The molecule has 0 atom stereocenters. The van der Waals surface area contributed by atoms with Crippen LogP contribution in [0.4, 0.5) is 0 Å². The van der Waals surface area contributed by atoms with Crippen molar-refractivity contribution in [2.24, 2.45) is 5.73 Å². The molecule has 0 radical (unpaired) electrons. The molecule has 2 aromatic rings. The van der Waals surface area contributed by atoms with E-state index in [1.165, 1.54) is 0 Å². The van der Waals surface area contributed by atoms with Gasteiger partial charge in [0.15, 0.2) is 0 Å². The Hall–Kier alpha value is -2.07. The Morgan fingerprint density at radius 1 is 1.26 bits per heavy atom. The molecule has 19 heavy (non-hydrogen) atoms. The Balaban J connectivity index is 1.95. The Morgan fingerprint density at radius 2 is 2.00 bits per heavy atom. The summed E-state index contributed by atoms with van der Waals surface area (Å²) < 4.78 is 5.61. The highest BCUT2D eigenvalue weighted by Gasteiger charge is 2.05. The average molecular weight is 276 g/mol. The smallest absolute Gasteiger partial charge is 0.137 e. The van der Waals surface area contributed by atoms with Crippen LogP contribution in [-0.4, -0.2) is 17.4 Å². The highest BCUT2D eigenvalue weighted by molar-refractivity contribution is 6.32. The summed E-state index contributed by atoms with van der Waals surface area (Å²) in [6.45, 7) is 0.531. The molecule has 0 saturated heterocycles. The van der Waals surface area contributed by atoms with E-state index in [-0.39, 0.29) is 5.84 Å². The topological polar surface area (TPSA) is 72.0 Å². The van der Waals surface area contributed by atoms with Gasteiger partial charge in [0, 0.05) is 24.4 Å². The van der Waals surface area contributed by atoms with Crippen LogP contribution >= 0.6 is 11.6 Å². The number of aromatic nitrogens is 1. The van der Waals surface area contributed by atoms with Crippen molar-refractivity contribution in [2.75, 3.05) is 6.61 Å². The standard InChI is InChI=1S/C14H14ClN3O/c15-12-9-11(14(16)17)1-2-13(12)19-8-5-10-3-6-18-7-4-10/h1-4,6-7,9H,5,8H2,(H3,16,17). The molecule has 0 unspecified atom stereocenters. The van der Waals surface area contributed by atoms with Gasteiger partial charge in [-0.05, 0) is 35.9 Å². The van der Waals surface area contributed by atoms with Crippen molar-refractivity contribution < 1.29 is 4.74 Å². The highest BCUT2D eigenvalue weighted by Crippen LogP contribution is 2.25. The largest absolute Gasteiger partial charge is 0.492 e. The molecule has 5 heteroatoms. The third kappa shape index (κ3) is 3.69. The first-order valence-electron chi connectivity index (χ1n) is 5.82. The lowest BCUT2D eigenvalue weighted by atomic mass is 10.2. The number of rotatable bonds is 5. The summed E-state index contributed by atoms with van der Waals surface area (Å²) in [7, 11) is 0. The van der Waals surface area contributed by atoms with Crippen molar-refractivity contribution in [2.45, 2.75) is 6.42 Å². The molecule has 0 spiro atoms. The van der Waals surface area contributed by atoms with E-state index in [0.717, 1.165) is 12.0 Å². The summed E-state index contributed by atoms with van der Waals surface area (Å²) in [4.78, 5) is 3.96. The number of nitrogen functional groups attached to an aromatic ring is 1. The summed E-state index contributed by atoms with van der Waals surface area (Å²) in [5.41, 5.74) is 7.13. The third-order valence-corrected chi connectivity index (χ3v) is 2.94. The summed E-state index contributed by atoms with van der Waals surface area (Å²) in [6, 6.07) is 8.97. The van der Waals surface area contributed by atoms with Crippen molar-refractivity contribution in [3.8, 4) is 5.75 Å². The minimum Gasteiger partial charge on any atom is -0.492 e. The van der Waals surface area contributed by atoms with Crippen LogP contribution in [0.15, 0.2) is 42.7 Å². The van der Waals surface area contributed by atoms with Gasteiger partial charge in [0.1, 0.15) is 11.6 Å². The van der Waals surface area contributed by atoms with Crippen LogP contribution in [-0.2, 0) is 6.42 Å². The van der Waals surface area contributed by atoms with Crippen molar-refractivity contribution in [3.05, 3.63) is 58.9 Å².